The second-order valence-electron chi connectivity index (χ2n) is 5.17. The molecule has 3 aromatic rings. The summed E-state index contributed by atoms with van der Waals surface area (Å²) in [7, 11) is -4.55. The fraction of sp³-hybridized carbons (Fsp3) is 0.133. The third-order valence-electron chi connectivity index (χ3n) is 3.46. The Hall–Kier alpha value is -2.46. The molecule has 1 aromatic carbocycles. The van der Waals surface area contributed by atoms with E-state index in [-0.39, 0.29) is 5.65 Å². The highest BCUT2D eigenvalue weighted by Gasteiger charge is 2.44. The molecule has 0 spiro atoms. The molecule has 0 aliphatic carbocycles. The molecule has 0 aliphatic heterocycles. The maximum Gasteiger partial charge on any atom is 0.408 e. The summed E-state index contributed by atoms with van der Waals surface area (Å²) in [5.74, 6) is -0.727. The summed E-state index contributed by atoms with van der Waals surface area (Å²) >= 11 is 0. The summed E-state index contributed by atoms with van der Waals surface area (Å²) in [4.78, 5) is 3.85. The number of aromatic nitrogens is 2. The predicted octanol–water partition coefficient (Wildman–Crippen LogP) is 3.06. The third kappa shape index (κ3) is 3.49. The van der Waals surface area contributed by atoms with Gasteiger partial charge in [-0.2, -0.15) is 17.9 Å². The highest BCUT2D eigenvalue weighted by atomic mass is 32.2. The minimum Gasteiger partial charge on any atom is -0.289 e. The van der Waals surface area contributed by atoms with Crippen molar-refractivity contribution in [3.63, 3.8) is 0 Å². The molecule has 132 valence electrons. The maximum absolute atomic E-state index is 13.3. The van der Waals surface area contributed by atoms with Crippen molar-refractivity contribution in [1.82, 2.24) is 14.1 Å². The van der Waals surface area contributed by atoms with Gasteiger partial charge < -0.3 is 0 Å². The van der Waals surface area contributed by atoms with E-state index in [4.69, 9.17) is 0 Å². The molecule has 0 saturated carbocycles. The summed E-state index contributed by atoms with van der Waals surface area (Å²) in [6.45, 7) is 0. The van der Waals surface area contributed by atoms with E-state index in [1.165, 1.54) is 18.3 Å². The lowest BCUT2D eigenvalue weighted by Crippen LogP contribution is -2.38. The lowest BCUT2D eigenvalue weighted by atomic mass is 10.1. The Labute approximate surface area is 140 Å². The van der Waals surface area contributed by atoms with Crippen LogP contribution in [0.5, 0.6) is 0 Å². The molecule has 1 atom stereocenters. The number of pyridine rings is 1. The predicted molar refractivity (Wildman–Crippen MR) is 80.7 cm³/mol. The Morgan fingerprint density at radius 3 is 2.40 bits per heavy atom. The normalized spacial score (nSPS) is 13.9. The molecular weight excluding hydrogens is 362 g/mol. The van der Waals surface area contributed by atoms with Crippen LogP contribution in [0.15, 0.2) is 59.9 Å². The summed E-state index contributed by atoms with van der Waals surface area (Å²) < 4.78 is 80.7. The van der Waals surface area contributed by atoms with Gasteiger partial charge in [0.2, 0.25) is 0 Å². The number of halogens is 4. The van der Waals surface area contributed by atoms with Crippen LogP contribution in [-0.2, 0) is 10.0 Å². The first-order valence-electron chi connectivity index (χ1n) is 6.95. The Morgan fingerprint density at radius 2 is 1.76 bits per heavy atom. The van der Waals surface area contributed by atoms with Crippen LogP contribution >= 0.6 is 0 Å². The number of fused-ring (bicyclic) bond motifs is 1. The standard InChI is InChI=1S/C15H11F4N3O2S/c16-11-6-4-10(5-7-11)14(15(17,18)19)21-25(23,24)13-9-20-12-3-1-2-8-22(12)13/h1-9,14,21H. The second kappa shape index (κ2) is 6.12. The van der Waals surface area contributed by atoms with Gasteiger partial charge in [-0.1, -0.05) is 18.2 Å². The van der Waals surface area contributed by atoms with Gasteiger partial charge in [-0.15, -0.1) is 0 Å². The first-order chi connectivity index (χ1) is 11.7. The van der Waals surface area contributed by atoms with Crippen molar-refractivity contribution in [2.24, 2.45) is 0 Å². The molecule has 2 aromatic heterocycles. The smallest absolute Gasteiger partial charge is 0.289 e. The molecule has 1 unspecified atom stereocenters. The SMILES string of the molecule is O=S(=O)(NC(c1ccc(F)cc1)C(F)(F)F)c1cnc2ccccn12. The van der Waals surface area contributed by atoms with Crippen molar-refractivity contribution in [1.29, 1.82) is 0 Å². The van der Waals surface area contributed by atoms with Gasteiger partial charge in [-0.05, 0) is 29.8 Å². The van der Waals surface area contributed by atoms with Gasteiger partial charge in [-0.3, -0.25) is 4.40 Å². The molecule has 2 heterocycles. The van der Waals surface area contributed by atoms with Gasteiger partial charge >= 0.3 is 6.18 Å². The molecule has 3 rings (SSSR count). The molecule has 25 heavy (non-hydrogen) atoms. The average Bonchev–Trinajstić information content (AvgIpc) is 2.97. The molecule has 0 aliphatic rings. The molecule has 0 amide bonds. The Morgan fingerprint density at radius 1 is 1.08 bits per heavy atom. The van der Waals surface area contributed by atoms with Crippen LogP contribution in [0.4, 0.5) is 17.6 Å². The quantitative estimate of drug-likeness (QED) is 0.715. The number of nitrogens with zero attached hydrogens (tertiary/aromatic N) is 2. The fourth-order valence-electron chi connectivity index (χ4n) is 2.30. The van der Waals surface area contributed by atoms with Gasteiger partial charge in [0.05, 0.1) is 6.20 Å². The number of rotatable bonds is 4. The third-order valence-corrected chi connectivity index (χ3v) is 4.86. The summed E-state index contributed by atoms with van der Waals surface area (Å²) in [6.07, 6.45) is -2.57. The number of imidazole rings is 1. The Bertz CT molecular complexity index is 998. The van der Waals surface area contributed by atoms with Crippen molar-refractivity contribution in [3.8, 4) is 0 Å². The van der Waals surface area contributed by atoms with Crippen LogP contribution in [0.25, 0.3) is 5.65 Å². The lowest BCUT2D eigenvalue weighted by Gasteiger charge is -2.21. The van der Waals surface area contributed by atoms with Gasteiger partial charge in [0.1, 0.15) is 17.5 Å². The molecule has 1 N–H and O–H groups in total. The number of benzene rings is 1. The number of hydrogen-bond donors (Lipinski definition) is 1. The van der Waals surface area contributed by atoms with E-state index in [0.29, 0.717) is 0 Å². The summed E-state index contributed by atoms with van der Waals surface area (Å²) in [5, 5.41) is -0.431. The van der Waals surface area contributed by atoms with Crippen LogP contribution in [0.3, 0.4) is 0 Å². The maximum atomic E-state index is 13.3. The highest BCUT2D eigenvalue weighted by molar-refractivity contribution is 7.89. The zero-order chi connectivity index (χ0) is 18.2. The molecule has 5 nitrogen and oxygen atoms in total. The van der Waals surface area contributed by atoms with Crippen molar-refractivity contribution in [3.05, 3.63) is 66.2 Å². The Kier molecular flexibility index (Phi) is 4.25. The summed E-state index contributed by atoms with van der Waals surface area (Å²) in [5.41, 5.74) is -0.153. The Balaban J connectivity index is 2.02. The van der Waals surface area contributed by atoms with Crippen LogP contribution in [0.2, 0.25) is 0 Å². The van der Waals surface area contributed by atoms with Crippen molar-refractivity contribution in [2.75, 3.05) is 0 Å². The first kappa shape index (κ1) is 17.4. The van der Waals surface area contributed by atoms with E-state index in [1.54, 1.807) is 10.8 Å². The molecular formula is C15H11F4N3O2S. The van der Waals surface area contributed by atoms with Crippen molar-refractivity contribution >= 4 is 15.7 Å². The van der Waals surface area contributed by atoms with E-state index >= 15 is 0 Å². The van der Waals surface area contributed by atoms with E-state index in [2.05, 4.69) is 4.98 Å². The lowest BCUT2D eigenvalue weighted by molar-refractivity contribution is -0.153. The zero-order valence-electron chi connectivity index (χ0n) is 12.4. The van der Waals surface area contributed by atoms with Crippen molar-refractivity contribution < 1.29 is 26.0 Å². The molecule has 0 fully saturated rings. The van der Waals surface area contributed by atoms with Gasteiger partial charge in [0.25, 0.3) is 10.0 Å². The number of sulfonamides is 1. The molecule has 0 saturated heterocycles. The second-order valence-corrected chi connectivity index (χ2v) is 6.83. The van der Waals surface area contributed by atoms with Crippen LogP contribution < -0.4 is 4.72 Å². The molecule has 0 bridgehead atoms. The van der Waals surface area contributed by atoms with E-state index in [9.17, 15) is 26.0 Å². The minimum atomic E-state index is -4.91. The van der Waals surface area contributed by atoms with E-state index < -0.39 is 38.6 Å². The molecule has 0 radical (unpaired) electrons. The van der Waals surface area contributed by atoms with E-state index in [0.717, 1.165) is 34.9 Å². The summed E-state index contributed by atoms with van der Waals surface area (Å²) in [6, 6.07) is 5.55. The number of hydrogen-bond acceptors (Lipinski definition) is 3. The highest BCUT2D eigenvalue weighted by Crippen LogP contribution is 2.34. The monoisotopic (exact) mass is 373 g/mol. The molecule has 10 heteroatoms. The largest absolute Gasteiger partial charge is 0.408 e. The number of alkyl halides is 3. The van der Waals surface area contributed by atoms with Crippen LogP contribution in [0.1, 0.15) is 11.6 Å². The van der Waals surface area contributed by atoms with Gasteiger partial charge in [-0.25, -0.2) is 17.8 Å². The fourth-order valence-corrected chi connectivity index (χ4v) is 3.61. The zero-order valence-corrected chi connectivity index (χ0v) is 13.2. The number of nitrogens with one attached hydrogen (secondary N) is 1. The van der Waals surface area contributed by atoms with Crippen LogP contribution in [0, 0.1) is 5.82 Å². The van der Waals surface area contributed by atoms with Crippen LogP contribution in [-0.4, -0.2) is 24.0 Å². The minimum absolute atomic E-state index is 0.271. The van der Waals surface area contributed by atoms with Gasteiger partial charge in [0, 0.05) is 6.20 Å². The topological polar surface area (TPSA) is 63.5 Å². The average molecular weight is 373 g/mol. The first-order valence-corrected chi connectivity index (χ1v) is 8.43. The van der Waals surface area contributed by atoms with Gasteiger partial charge in [0.15, 0.2) is 5.03 Å². The van der Waals surface area contributed by atoms with E-state index in [1.807, 2.05) is 0 Å². The van der Waals surface area contributed by atoms with Crippen molar-refractivity contribution in [2.45, 2.75) is 17.2 Å².